The van der Waals surface area contributed by atoms with Crippen LogP contribution in [0.4, 0.5) is 5.69 Å². The molecule has 1 saturated heterocycles. The van der Waals surface area contributed by atoms with Crippen molar-refractivity contribution in [3.8, 4) is 0 Å². The van der Waals surface area contributed by atoms with Crippen molar-refractivity contribution in [2.75, 3.05) is 18.0 Å². The lowest BCUT2D eigenvalue weighted by molar-refractivity contribution is 0.112. The lowest BCUT2D eigenvalue weighted by Gasteiger charge is -2.33. The van der Waals surface area contributed by atoms with Gasteiger partial charge in [-0.1, -0.05) is 13.3 Å². The Morgan fingerprint density at radius 1 is 1.67 bits per heavy atom. The highest BCUT2D eigenvalue weighted by molar-refractivity contribution is 7.12. The number of carbonyl (C=O) groups is 1. The Bertz CT molecular complexity index is 334. The fourth-order valence-corrected chi connectivity index (χ4v) is 2.92. The third-order valence-electron chi connectivity index (χ3n) is 3.18. The molecule has 3 heteroatoms. The van der Waals surface area contributed by atoms with Crippen molar-refractivity contribution >= 4 is 23.3 Å². The highest BCUT2D eigenvalue weighted by Crippen LogP contribution is 2.28. The Labute approximate surface area is 94.9 Å². The number of hydrogen-bond donors (Lipinski definition) is 0. The number of piperidine rings is 1. The molecule has 0 amide bonds. The maximum atomic E-state index is 10.6. The van der Waals surface area contributed by atoms with Crippen LogP contribution in [0.3, 0.4) is 0 Å². The van der Waals surface area contributed by atoms with Crippen LogP contribution < -0.4 is 4.90 Å². The van der Waals surface area contributed by atoms with Crippen LogP contribution in [-0.2, 0) is 0 Å². The van der Waals surface area contributed by atoms with E-state index in [0.717, 1.165) is 30.2 Å². The molecule has 1 unspecified atom stereocenters. The minimum atomic E-state index is 0.832. The minimum Gasteiger partial charge on any atom is -0.371 e. The van der Waals surface area contributed by atoms with E-state index in [0.29, 0.717) is 0 Å². The number of aldehydes is 1. The van der Waals surface area contributed by atoms with Gasteiger partial charge in [-0.15, -0.1) is 11.3 Å². The predicted octanol–water partition coefficient (Wildman–Crippen LogP) is 3.19. The van der Waals surface area contributed by atoms with Crippen molar-refractivity contribution in [2.24, 2.45) is 5.92 Å². The summed E-state index contributed by atoms with van der Waals surface area (Å²) in [5.74, 6) is 0.832. The SMILES string of the molecule is CCC1CCCN(c2csc(C=O)c2)C1. The molecule has 0 N–H and O–H groups in total. The smallest absolute Gasteiger partial charge is 0.160 e. The van der Waals surface area contributed by atoms with Gasteiger partial charge in [-0.2, -0.15) is 0 Å². The summed E-state index contributed by atoms with van der Waals surface area (Å²) in [5.41, 5.74) is 1.24. The second kappa shape index (κ2) is 4.79. The minimum absolute atomic E-state index is 0.832. The second-order valence-corrected chi connectivity index (χ2v) is 5.13. The number of rotatable bonds is 3. The molecule has 1 aliphatic rings. The first kappa shape index (κ1) is 10.7. The van der Waals surface area contributed by atoms with Crippen LogP contribution in [0.1, 0.15) is 35.9 Å². The van der Waals surface area contributed by atoms with Crippen molar-refractivity contribution in [1.29, 1.82) is 0 Å². The van der Waals surface area contributed by atoms with E-state index in [1.165, 1.54) is 24.9 Å². The average molecular weight is 223 g/mol. The quantitative estimate of drug-likeness (QED) is 0.733. The third-order valence-corrected chi connectivity index (χ3v) is 4.03. The Balaban J connectivity index is 2.06. The second-order valence-electron chi connectivity index (χ2n) is 4.19. The molecule has 2 heterocycles. The molecule has 82 valence electrons. The van der Waals surface area contributed by atoms with Crippen molar-refractivity contribution < 1.29 is 4.79 Å². The number of hydrogen-bond acceptors (Lipinski definition) is 3. The highest BCUT2D eigenvalue weighted by Gasteiger charge is 2.19. The molecule has 0 aliphatic carbocycles. The van der Waals surface area contributed by atoms with Crippen molar-refractivity contribution in [3.63, 3.8) is 0 Å². The molecular formula is C12H17NOS. The molecule has 15 heavy (non-hydrogen) atoms. The van der Waals surface area contributed by atoms with Gasteiger partial charge in [-0.05, 0) is 24.8 Å². The number of thiophene rings is 1. The number of carbonyl (C=O) groups excluding carboxylic acids is 1. The van der Waals surface area contributed by atoms with E-state index in [-0.39, 0.29) is 0 Å². The summed E-state index contributed by atoms with van der Waals surface area (Å²) in [6.45, 7) is 4.57. The van der Waals surface area contributed by atoms with Crippen LogP contribution in [0, 0.1) is 5.92 Å². The Morgan fingerprint density at radius 3 is 3.20 bits per heavy atom. The van der Waals surface area contributed by atoms with Crippen molar-refractivity contribution in [3.05, 3.63) is 16.3 Å². The highest BCUT2D eigenvalue weighted by atomic mass is 32.1. The monoisotopic (exact) mass is 223 g/mol. The van der Waals surface area contributed by atoms with Gasteiger partial charge in [-0.25, -0.2) is 0 Å². The van der Waals surface area contributed by atoms with Crippen LogP contribution in [0.2, 0.25) is 0 Å². The largest absolute Gasteiger partial charge is 0.371 e. The van der Waals surface area contributed by atoms with E-state index >= 15 is 0 Å². The molecular weight excluding hydrogens is 206 g/mol. The third kappa shape index (κ3) is 2.40. The molecule has 1 aliphatic heterocycles. The molecule has 0 radical (unpaired) electrons. The van der Waals surface area contributed by atoms with E-state index in [4.69, 9.17) is 0 Å². The summed E-state index contributed by atoms with van der Waals surface area (Å²) in [7, 11) is 0. The molecule has 1 aromatic heterocycles. The molecule has 2 nitrogen and oxygen atoms in total. The molecule has 0 bridgehead atoms. The van der Waals surface area contributed by atoms with Gasteiger partial charge in [0.25, 0.3) is 0 Å². The number of anilines is 1. The van der Waals surface area contributed by atoms with Gasteiger partial charge in [0.05, 0.1) is 4.88 Å². The summed E-state index contributed by atoms with van der Waals surface area (Å²) in [5, 5.41) is 2.10. The van der Waals surface area contributed by atoms with Crippen LogP contribution >= 0.6 is 11.3 Å². The summed E-state index contributed by atoms with van der Waals surface area (Å²) >= 11 is 1.54. The zero-order chi connectivity index (χ0) is 10.7. The van der Waals surface area contributed by atoms with Gasteiger partial charge in [0.1, 0.15) is 0 Å². The summed E-state index contributed by atoms with van der Waals surface area (Å²) in [4.78, 5) is 13.9. The molecule has 1 fully saturated rings. The van der Waals surface area contributed by atoms with E-state index < -0.39 is 0 Å². The maximum Gasteiger partial charge on any atom is 0.160 e. The molecule has 1 atom stereocenters. The lowest BCUT2D eigenvalue weighted by atomic mass is 9.95. The van der Waals surface area contributed by atoms with E-state index in [1.54, 1.807) is 11.3 Å². The Hall–Kier alpha value is -0.830. The lowest BCUT2D eigenvalue weighted by Crippen LogP contribution is -2.34. The van der Waals surface area contributed by atoms with Gasteiger partial charge >= 0.3 is 0 Å². The van der Waals surface area contributed by atoms with Crippen LogP contribution in [0.5, 0.6) is 0 Å². The summed E-state index contributed by atoms with van der Waals surface area (Å²) in [6.07, 6.45) is 4.85. The molecule has 1 aromatic rings. The van der Waals surface area contributed by atoms with E-state index in [1.807, 2.05) is 6.07 Å². The normalized spacial score (nSPS) is 21.7. The molecule has 0 saturated carbocycles. The zero-order valence-corrected chi connectivity index (χ0v) is 9.93. The van der Waals surface area contributed by atoms with Gasteiger partial charge < -0.3 is 4.90 Å². The standard InChI is InChI=1S/C12H17NOS/c1-2-10-4-3-5-13(7-10)11-6-12(8-14)15-9-11/h6,8-10H,2-5,7H2,1H3. The van der Waals surface area contributed by atoms with Crippen LogP contribution in [0.25, 0.3) is 0 Å². The van der Waals surface area contributed by atoms with Crippen LogP contribution in [0.15, 0.2) is 11.4 Å². The van der Waals surface area contributed by atoms with Gasteiger partial charge in [0, 0.05) is 24.2 Å². The summed E-state index contributed by atoms with van der Waals surface area (Å²) in [6, 6.07) is 2.01. The van der Waals surface area contributed by atoms with Crippen molar-refractivity contribution in [1.82, 2.24) is 0 Å². The first-order chi connectivity index (χ1) is 7.33. The Kier molecular flexibility index (Phi) is 3.41. The van der Waals surface area contributed by atoms with E-state index in [9.17, 15) is 4.79 Å². The fraction of sp³-hybridized carbons (Fsp3) is 0.583. The topological polar surface area (TPSA) is 20.3 Å². The molecule has 0 aromatic carbocycles. The fourth-order valence-electron chi connectivity index (χ4n) is 2.20. The first-order valence-electron chi connectivity index (χ1n) is 5.62. The van der Waals surface area contributed by atoms with Crippen LogP contribution in [-0.4, -0.2) is 19.4 Å². The maximum absolute atomic E-state index is 10.6. The van der Waals surface area contributed by atoms with Gasteiger partial charge in [0.2, 0.25) is 0 Å². The number of nitrogens with zero attached hydrogens (tertiary/aromatic N) is 1. The molecule has 2 rings (SSSR count). The first-order valence-corrected chi connectivity index (χ1v) is 6.50. The average Bonchev–Trinajstić information content (AvgIpc) is 2.78. The summed E-state index contributed by atoms with van der Waals surface area (Å²) < 4.78 is 0. The van der Waals surface area contributed by atoms with Gasteiger partial charge in [-0.3, -0.25) is 4.79 Å². The Morgan fingerprint density at radius 2 is 2.53 bits per heavy atom. The predicted molar refractivity (Wildman–Crippen MR) is 64.9 cm³/mol. The molecule has 0 spiro atoms. The van der Waals surface area contributed by atoms with E-state index in [2.05, 4.69) is 17.2 Å². The van der Waals surface area contributed by atoms with Gasteiger partial charge in [0.15, 0.2) is 6.29 Å². The van der Waals surface area contributed by atoms with Crippen molar-refractivity contribution in [2.45, 2.75) is 26.2 Å². The zero-order valence-electron chi connectivity index (χ0n) is 9.11.